The number of nitrogens with zero attached hydrogens (tertiary/aromatic N) is 4. The van der Waals surface area contributed by atoms with Gasteiger partial charge in [0, 0.05) is 28.9 Å². The van der Waals surface area contributed by atoms with Crippen LogP contribution in [0.3, 0.4) is 0 Å². The molecule has 198 valence electrons. The van der Waals surface area contributed by atoms with E-state index in [9.17, 15) is 13.2 Å². The fourth-order valence-electron chi connectivity index (χ4n) is 4.48. The van der Waals surface area contributed by atoms with Crippen molar-refractivity contribution in [2.75, 3.05) is 13.7 Å². The highest BCUT2D eigenvalue weighted by Gasteiger charge is 2.35. The second-order valence-electron chi connectivity index (χ2n) is 9.21. The zero-order chi connectivity index (χ0) is 26.7. The number of carbonyl (C=O) groups excluding carboxylic acids is 1. The second kappa shape index (κ2) is 11.2. The lowest BCUT2D eigenvalue weighted by Gasteiger charge is -2.31. The van der Waals surface area contributed by atoms with Gasteiger partial charge in [-0.3, -0.25) is 9.48 Å². The van der Waals surface area contributed by atoms with Crippen molar-refractivity contribution in [2.24, 2.45) is 0 Å². The Hall–Kier alpha value is -2.95. The number of hydrogen-bond donors (Lipinski definition) is 0. The number of benzene rings is 1. The molecule has 9 nitrogen and oxygen atoms in total. The molecule has 2 heterocycles. The number of hydrogen-bond acceptors (Lipinski definition) is 7. The molecule has 0 saturated carbocycles. The van der Waals surface area contributed by atoms with Crippen LogP contribution in [-0.2, 0) is 32.5 Å². The highest BCUT2D eigenvalue weighted by molar-refractivity contribution is 7.89. The van der Waals surface area contributed by atoms with Crippen LogP contribution in [0.5, 0.6) is 11.6 Å². The molecule has 37 heavy (non-hydrogen) atoms. The third kappa shape index (κ3) is 5.81. The summed E-state index contributed by atoms with van der Waals surface area (Å²) in [5, 5.41) is 4.95. The first-order valence-corrected chi connectivity index (χ1v) is 14.0. The van der Waals surface area contributed by atoms with Gasteiger partial charge in [0.1, 0.15) is 17.2 Å². The van der Waals surface area contributed by atoms with E-state index in [1.807, 2.05) is 13.8 Å². The number of fused-ring (bicyclic) bond motifs is 1. The van der Waals surface area contributed by atoms with E-state index in [1.54, 1.807) is 55.2 Å². The van der Waals surface area contributed by atoms with Gasteiger partial charge in [0.05, 0.1) is 25.0 Å². The standard InChI is InChI=1S/C26H31ClN4O5S/c1-5-35-25(32)16-31-24-8-6-7-23(22(24)15-29-31)30(4)37(33,34)20-13-21(17(2)3)26(28-14-20)36-19-11-9-18(27)10-12-19/h9-15,17,23H,5-8,16H2,1-4H3/t23-/m1/s1. The summed E-state index contributed by atoms with van der Waals surface area (Å²) in [6, 6.07) is 8.12. The van der Waals surface area contributed by atoms with Crippen molar-refractivity contribution < 1.29 is 22.7 Å². The molecule has 1 atom stereocenters. The van der Waals surface area contributed by atoms with Crippen molar-refractivity contribution in [1.82, 2.24) is 19.1 Å². The third-order valence-corrected chi connectivity index (χ3v) is 8.52. The molecule has 0 bridgehead atoms. The van der Waals surface area contributed by atoms with Gasteiger partial charge in [-0.25, -0.2) is 13.4 Å². The smallest absolute Gasteiger partial charge is 0.327 e. The van der Waals surface area contributed by atoms with Crippen molar-refractivity contribution in [3.8, 4) is 11.6 Å². The fraction of sp³-hybridized carbons (Fsp3) is 0.423. The second-order valence-corrected chi connectivity index (χ2v) is 11.6. The average Bonchev–Trinajstić information content (AvgIpc) is 3.27. The van der Waals surface area contributed by atoms with E-state index in [4.69, 9.17) is 21.1 Å². The average molecular weight is 547 g/mol. The molecule has 0 aliphatic heterocycles. The molecule has 0 fully saturated rings. The Kier molecular flexibility index (Phi) is 8.20. The van der Waals surface area contributed by atoms with E-state index in [1.165, 1.54) is 10.5 Å². The summed E-state index contributed by atoms with van der Waals surface area (Å²) in [4.78, 5) is 16.5. The molecular formula is C26H31ClN4O5S. The highest BCUT2D eigenvalue weighted by atomic mass is 35.5. The normalized spacial score (nSPS) is 15.6. The molecular weight excluding hydrogens is 516 g/mol. The van der Waals surface area contributed by atoms with Crippen LogP contribution >= 0.6 is 11.6 Å². The molecule has 1 aliphatic rings. The van der Waals surface area contributed by atoms with Gasteiger partial charge in [-0.2, -0.15) is 9.40 Å². The summed E-state index contributed by atoms with van der Waals surface area (Å²) < 4.78 is 41.4. The first kappa shape index (κ1) is 27.1. The Labute approximate surface area is 222 Å². The van der Waals surface area contributed by atoms with E-state index < -0.39 is 16.1 Å². The maximum atomic E-state index is 13.7. The quantitative estimate of drug-likeness (QED) is 0.343. The molecule has 1 aliphatic carbocycles. The Bertz CT molecular complexity index is 1370. The summed E-state index contributed by atoms with van der Waals surface area (Å²) in [5.41, 5.74) is 2.34. The predicted molar refractivity (Wildman–Crippen MR) is 139 cm³/mol. The number of esters is 1. The van der Waals surface area contributed by atoms with Gasteiger partial charge in [0.2, 0.25) is 15.9 Å². The van der Waals surface area contributed by atoms with Gasteiger partial charge in [0.25, 0.3) is 0 Å². The van der Waals surface area contributed by atoms with E-state index in [0.717, 1.165) is 24.1 Å². The Balaban J connectivity index is 1.61. The fourth-order valence-corrected chi connectivity index (χ4v) is 5.95. The van der Waals surface area contributed by atoms with Gasteiger partial charge in [-0.05, 0) is 62.4 Å². The van der Waals surface area contributed by atoms with Crippen LogP contribution in [-0.4, -0.2) is 47.1 Å². The Morgan fingerprint density at radius 3 is 2.65 bits per heavy atom. The van der Waals surface area contributed by atoms with Gasteiger partial charge >= 0.3 is 5.97 Å². The van der Waals surface area contributed by atoms with E-state index >= 15 is 0 Å². The van der Waals surface area contributed by atoms with Crippen LogP contribution in [0.25, 0.3) is 0 Å². The van der Waals surface area contributed by atoms with Crippen LogP contribution in [0.2, 0.25) is 5.02 Å². The number of aromatic nitrogens is 3. The van der Waals surface area contributed by atoms with E-state index in [2.05, 4.69) is 10.1 Å². The topological polar surface area (TPSA) is 104 Å². The van der Waals surface area contributed by atoms with Gasteiger partial charge in [-0.1, -0.05) is 25.4 Å². The lowest BCUT2D eigenvalue weighted by molar-refractivity contribution is -0.144. The van der Waals surface area contributed by atoms with E-state index in [0.29, 0.717) is 35.2 Å². The van der Waals surface area contributed by atoms with Crippen molar-refractivity contribution in [1.29, 1.82) is 0 Å². The molecule has 1 aromatic carbocycles. The Morgan fingerprint density at radius 2 is 1.97 bits per heavy atom. The minimum atomic E-state index is -3.89. The van der Waals surface area contributed by atoms with Gasteiger partial charge in [0.15, 0.2) is 0 Å². The minimum Gasteiger partial charge on any atom is -0.465 e. The number of pyridine rings is 1. The molecule has 11 heteroatoms. The molecule has 0 saturated heterocycles. The van der Waals surface area contributed by atoms with Gasteiger partial charge < -0.3 is 9.47 Å². The molecule has 0 spiro atoms. The van der Waals surface area contributed by atoms with Crippen LogP contribution in [0.15, 0.2) is 47.6 Å². The van der Waals surface area contributed by atoms with Crippen LogP contribution < -0.4 is 4.74 Å². The van der Waals surface area contributed by atoms with Gasteiger partial charge in [-0.15, -0.1) is 0 Å². The van der Waals surface area contributed by atoms with Crippen molar-refractivity contribution in [2.45, 2.75) is 63.4 Å². The first-order valence-electron chi connectivity index (χ1n) is 12.2. The lowest BCUT2D eigenvalue weighted by atomic mass is 9.93. The zero-order valence-corrected chi connectivity index (χ0v) is 22.9. The first-order chi connectivity index (χ1) is 17.6. The zero-order valence-electron chi connectivity index (χ0n) is 21.3. The largest absolute Gasteiger partial charge is 0.465 e. The third-order valence-electron chi connectivity index (χ3n) is 6.44. The molecule has 0 radical (unpaired) electrons. The Morgan fingerprint density at radius 1 is 1.24 bits per heavy atom. The summed E-state index contributed by atoms with van der Waals surface area (Å²) in [6.45, 7) is 5.96. The molecule has 4 rings (SSSR count). The SMILES string of the molecule is CCOC(=O)Cn1ncc2c1CCC[C@H]2N(C)S(=O)(=O)c1cnc(Oc2ccc(Cl)cc2)c(C(C)C)c1. The number of ether oxygens (including phenoxy) is 2. The monoisotopic (exact) mass is 546 g/mol. The summed E-state index contributed by atoms with van der Waals surface area (Å²) in [7, 11) is -2.31. The summed E-state index contributed by atoms with van der Waals surface area (Å²) in [6.07, 6.45) is 5.13. The molecule has 2 aromatic heterocycles. The van der Waals surface area contributed by atoms with Crippen LogP contribution in [0.1, 0.15) is 62.4 Å². The number of carbonyl (C=O) groups is 1. The summed E-state index contributed by atoms with van der Waals surface area (Å²) in [5.74, 6) is 0.502. The molecule has 0 N–H and O–H groups in total. The highest BCUT2D eigenvalue weighted by Crippen LogP contribution is 2.38. The number of halogens is 1. The maximum absolute atomic E-state index is 13.7. The molecule has 3 aromatic rings. The number of rotatable bonds is 9. The summed E-state index contributed by atoms with van der Waals surface area (Å²) >= 11 is 5.96. The van der Waals surface area contributed by atoms with Crippen LogP contribution in [0.4, 0.5) is 0 Å². The van der Waals surface area contributed by atoms with Crippen molar-refractivity contribution in [3.63, 3.8) is 0 Å². The van der Waals surface area contributed by atoms with Crippen molar-refractivity contribution in [3.05, 3.63) is 64.6 Å². The predicted octanol–water partition coefficient (Wildman–Crippen LogP) is 5.11. The number of sulfonamides is 1. The lowest BCUT2D eigenvalue weighted by Crippen LogP contribution is -2.33. The maximum Gasteiger partial charge on any atom is 0.327 e. The minimum absolute atomic E-state index is 0.00308. The molecule has 0 amide bonds. The van der Waals surface area contributed by atoms with E-state index in [-0.39, 0.29) is 23.3 Å². The van der Waals surface area contributed by atoms with Crippen LogP contribution in [0, 0.1) is 0 Å². The molecule has 0 unspecified atom stereocenters. The van der Waals surface area contributed by atoms with Crippen molar-refractivity contribution >= 4 is 27.6 Å².